The highest BCUT2D eigenvalue weighted by molar-refractivity contribution is 5.90. The second-order valence-corrected chi connectivity index (χ2v) is 4.88. The molecule has 0 spiro atoms. The molecule has 0 saturated heterocycles. The van der Waals surface area contributed by atoms with Crippen LogP contribution >= 0.6 is 0 Å². The zero-order valence-electron chi connectivity index (χ0n) is 12.8. The molecule has 0 aliphatic carbocycles. The van der Waals surface area contributed by atoms with Crippen LogP contribution in [0.25, 0.3) is 0 Å². The molecule has 0 aliphatic rings. The summed E-state index contributed by atoms with van der Waals surface area (Å²) in [6.45, 7) is 2.80. The van der Waals surface area contributed by atoms with Crippen molar-refractivity contribution in [3.8, 4) is 5.75 Å². The summed E-state index contributed by atoms with van der Waals surface area (Å²) in [4.78, 5) is 34.8. The molecule has 0 bridgehead atoms. The van der Waals surface area contributed by atoms with Crippen molar-refractivity contribution in [3.63, 3.8) is 0 Å². The minimum Gasteiger partial charge on any atom is -0.508 e. The van der Waals surface area contributed by atoms with Crippen LogP contribution in [0.4, 0.5) is 0 Å². The molecule has 0 fully saturated rings. The third kappa shape index (κ3) is 5.43. The molecule has 2 atom stereocenters. The number of rotatable bonds is 6. The van der Waals surface area contributed by atoms with E-state index in [-0.39, 0.29) is 18.1 Å². The van der Waals surface area contributed by atoms with Crippen molar-refractivity contribution in [1.82, 2.24) is 10.6 Å². The van der Waals surface area contributed by atoms with Crippen LogP contribution < -0.4 is 10.6 Å². The van der Waals surface area contributed by atoms with E-state index in [0.29, 0.717) is 0 Å². The number of esters is 1. The summed E-state index contributed by atoms with van der Waals surface area (Å²) in [7, 11) is 1.23. The van der Waals surface area contributed by atoms with E-state index in [1.807, 2.05) is 0 Å². The molecule has 1 aromatic carbocycles. The van der Waals surface area contributed by atoms with E-state index in [9.17, 15) is 19.5 Å². The van der Waals surface area contributed by atoms with Crippen LogP contribution in [-0.2, 0) is 25.5 Å². The Hall–Kier alpha value is -2.57. The SMILES string of the molecule is COC(=O)[C@H](C)NC(=O)[C@H](Cc1ccc(O)cc1)NC(C)=O. The summed E-state index contributed by atoms with van der Waals surface area (Å²) in [6, 6.07) is 4.66. The zero-order chi connectivity index (χ0) is 16.7. The normalized spacial score (nSPS) is 12.9. The van der Waals surface area contributed by atoms with E-state index in [1.54, 1.807) is 12.1 Å². The lowest BCUT2D eigenvalue weighted by Crippen LogP contribution is -2.51. The van der Waals surface area contributed by atoms with Crippen LogP contribution in [0.15, 0.2) is 24.3 Å². The molecule has 0 radical (unpaired) electrons. The number of methoxy groups -OCH3 is 1. The highest BCUT2D eigenvalue weighted by atomic mass is 16.5. The van der Waals surface area contributed by atoms with Crippen molar-refractivity contribution in [3.05, 3.63) is 29.8 Å². The number of carbonyl (C=O) groups excluding carboxylic acids is 3. The second kappa shape index (κ2) is 8.02. The number of ether oxygens (including phenoxy) is 1. The summed E-state index contributed by atoms with van der Waals surface area (Å²) in [5.41, 5.74) is 0.762. The fourth-order valence-electron chi connectivity index (χ4n) is 1.87. The van der Waals surface area contributed by atoms with Gasteiger partial charge in [0.2, 0.25) is 11.8 Å². The highest BCUT2D eigenvalue weighted by Crippen LogP contribution is 2.11. The predicted molar refractivity (Wildman–Crippen MR) is 79.0 cm³/mol. The zero-order valence-corrected chi connectivity index (χ0v) is 12.8. The summed E-state index contributed by atoms with van der Waals surface area (Å²) in [5.74, 6) is -1.30. The van der Waals surface area contributed by atoms with Crippen molar-refractivity contribution in [1.29, 1.82) is 0 Å². The largest absolute Gasteiger partial charge is 0.508 e. The number of amides is 2. The lowest BCUT2D eigenvalue weighted by atomic mass is 10.0. The number of phenols is 1. The van der Waals surface area contributed by atoms with Crippen molar-refractivity contribution in [2.24, 2.45) is 0 Å². The van der Waals surface area contributed by atoms with Gasteiger partial charge in [-0.2, -0.15) is 0 Å². The molecule has 0 saturated carbocycles. The smallest absolute Gasteiger partial charge is 0.328 e. The molecule has 0 aromatic heterocycles. The molecule has 120 valence electrons. The maximum Gasteiger partial charge on any atom is 0.328 e. The molecule has 0 unspecified atom stereocenters. The molecule has 0 heterocycles. The van der Waals surface area contributed by atoms with Gasteiger partial charge in [-0.3, -0.25) is 9.59 Å². The Balaban J connectivity index is 2.78. The Labute approximate surface area is 128 Å². The van der Waals surface area contributed by atoms with Crippen LogP contribution in [0.5, 0.6) is 5.75 Å². The van der Waals surface area contributed by atoms with Gasteiger partial charge in [-0.05, 0) is 24.6 Å². The molecular weight excluding hydrogens is 288 g/mol. The van der Waals surface area contributed by atoms with E-state index >= 15 is 0 Å². The topological polar surface area (TPSA) is 105 Å². The van der Waals surface area contributed by atoms with E-state index in [4.69, 9.17) is 0 Å². The van der Waals surface area contributed by atoms with E-state index in [2.05, 4.69) is 15.4 Å². The third-order valence-electron chi connectivity index (χ3n) is 2.98. The van der Waals surface area contributed by atoms with Crippen molar-refractivity contribution in [2.75, 3.05) is 7.11 Å². The number of hydrogen-bond donors (Lipinski definition) is 3. The number of aromatic hydroxyl groups is 1. The average Bonchev–Trinajstić information content (AvgIpc) is 2.47. The highest BCUT2D eigenvalue weighted by Gasteiger charge is 2.24. The Morgan fingerprint density at radius 2 is 1.77 bits per heavy atom. The molecule has 22 heavy (non-hydrogen) atoms. The maximum atomic E-state index is 12.2. The monoisotopic (exact) mass is 308 g/mol. The van der Waals surface area contributed by atoms with Gasteiger partial charge in [-0.15, -0.1) is 0 Å². The van der Waals surface area contributed by atoms with Gasteiger partial charge in [0.15, 0.2) is 0 Å². The molecule has 3 N–H and O–H groups in total. The second-order valence-electron chi connectivity index (χ2n) is 4.88. The Bertz CT molecular complexity index is 541. The molecular formula is C15H20N2O5. The lowest BCUT2D eigenvalue weighted by molar-refractivity contribution is -0.144. The minimum absolute atomic E-state index is 0.114. The number of nitrogens with one attached hydrogen (secondary N) is 2. The minimum atomic E-state index is -0.825. The fraction of sp³-hybridized carbons (Fsp3) is 0.400. The molecule has 7 heteroatoms. The number of hydrogen-bond acceptors (Lipinski definition) is 5. The van der Waals surface area contributed by atoms with Crippen molar-refractivity contribution in [2.45, 2.75) is 32.4 Å². The van der Waals surface area contributed by atoms with Crippen LogP contribution in [0.1, 0.15) is 19.4 Å². The Morgan fingerprint density at radius 3 is 2.27 bits per heavy atom. The molecule has 7 nitrogen and oxygen atoms in total. The van der Waals surface area contributed by atoms with E-state index in [1.165, 1.54) is 33.1 Å². The van der Waals surface area contributed by atoms with Crippen LogP contribution in [0.3, 0.4) is 0 Å². The van der Waals surface area contributed by atoms with Crippen molar-refractivity contribution >= 4 is 17.8 Å². The van der Waals surface area contributed by atoms with Crippen LogP contribution in [-0.4, -0.2) is 42.1 Å². The average molecular weight is 308 g/mol. The maximum absolute atomic E-state index is 12.2. The lowest BCUT2D eigenvalue weighted by Gasteiger charge is -2.20. The predicted octanol–water partition coefficient (Wildman–Crippen LogP) is 0.117. The number of phenolic OH excluding ortho intramolecular Hbond substituents is 1. The van der Waals surface area contributed by atoms with Gasteiger partial charge in [0.05, 0.1) is 7.11 Å². The van der Waals surface area contributed by atoms with Crippen LogP contribution in [0, 0.1) is 0 Å². The van der Waals surface area contributed by atoms with Gasteiger partial charge in [0, 0.05) is 13.3 Å². The first-order valence-corrected chi connectivity index (χ1v) is 6.76. The molecule has 1 rings (SSSR count). The molecule has 1 aromatic rings. The summed E-state index contributed by atoms with van der Waals surface area (Å²) in [5, 5.41) is 14.3. The van der Waals surface area contributed by atoms with Gasteiger partial charge in [-0.25, -0.2) is 4.79 Å². The van der Waals surface area contributed by atoms with Gasteiger partial charge >= 0.3 is 5.97 Å². The first-order valence-electron chi connectivity index (χ1n) is 6.76. The van der Waals surface area contributed by atoms with Crippen LogP contribution in [0.2, 0.25) is 0 Å². The van der Waals surface area contributed by atoms with Gasteiger partial charge in [0.1, 0.15) is 17.8 Å². The Morgan fingerprint density at radius 1 is 1.18 bits per heavy atom. The van der Waals surface area contributed by atoms with Crippen molar-refractivity contribution < 1.29 is 24.2 Å². The first-order chi connectivity index (χ1) is 10.3. The summed E-state index contributed by atoms with van der Waals surface area (Å²) >= 11 is 0. The third-order valence-corrected chi connectivity index (χ3v) is 2.98. The summed E-state index contributed by atoms with van der Waals surface area (Å²) in [6.07, 6.45) is 0.236. The van der Waals surface area contributed by atoms with E-state index in [0.717, 1.165) is 5.56 Å². The molecule has 0 aliphatic heterocycles. The van der Waals surface area contributed by atoms with Gasteiger partial charge in [-0.1, -0.05) is 12.1 Å². The molecule has 2 amide bonds. The Kier molecular flexibility index (Phi) is 6.37. The van der Waals surface area contributed by atoms with Gasteiger partial charge < -0.3 is 20.5 Å². The van der Waals surface area contributed by atoms with Gasteiger partial charge in [0.25, 0.3) is 0 Å². The quantitative estimate of drug-likeness (QED) is 0.647. The summed E-state index contributed by atoms with van der Waals surface area (Å²) < 4.78 is 4.54. The standard InChI is InChI=1S/C15H20N2O5/c1-9(15(21)22-3)16-14(20)13(17-10(2)18)8-11-4-6-12(19)7-5-11/h4-7,9,13,19H,8H2,1-3H3,(H,16,20)(H,17,18)/t9-,13-/m0/s1. The fourth-order valence-corrected chi connectivity index (χ4v) is 1.87. The number of carbonyl (C=O) groups is 3. The van der Waals surface area contributed by atoms with E-state index < -0.39 is 24.0 Å². The number of benzene rings is 1. The first kappa shape index (κ1) is 17.5.